The van der Waals surface area contributed by atoms with E-state index in [1.54, 1.807) is 7.11 Å². The molecule has 2 unspecified atom stereocenters. The van der Waals surface area contributed by atoms with Gasteiger partial charge in [-0.3, -0.25) is 4.79 Å². The number of methoxy groups -OCH3 is 1. The number of benzene rings is 1. The second-order valence-electron chi connectivity index (χ2n) is 5.21. The molecule has 4 nitrogen and oxygen atoms in total. The van der Waals surface area contributed by atoms with Crippen LogP contribution >= 0.6 is 0 Å². The van der Waals surface area contributed by atoms with E-state index in [-0.39, 0.29) is 18.4 Å². The minimum absolute atomic E-state index is 0.0205. The summed E-state index contributed by atoms with van der Waals surface area (Å²) >= 11 is 0. The summed E-state index contributed by atoms with van der Waals surface area (Å²) in [7, 11) is 1.66. The zero-order valence-electron chi connectivity index (χ0n) is 12.6. The zero-order chi connectivity index (χ0) is 15.0. The lowest BCUT2D eigenvalue weighted by atomic mass is 10.0. The summed E-state index contributed by atoms with van der Waals surface area (Å²) in [4.78, 5) is 11.9. The van der Waals surface area contributed by atoms with Gasteiger partial charge in [0.25, 0.3) is 0 Å². The van der Waals surface area contributed by atoms with Crippen LogP contribution in [0.25, 0.3) is 0 Å². The minimum atomic E-state index is -0.662. The molecule has 1 amide bonds. The van der Waals surface area contributed by atoms with Gasteiger partial charge >= 0.3 is 0 Å². The molecule has 2 N–H and O–H groups in total. The molecule has 0 bridgehead atoms. The number of nitrogens with one attached hydrogen (secondary N) is 1. The fourth-order valence-electron chi connectivity index (χ4n) is 2.03. The Morgan fingerprint density at radius 1 is 1.45 bits per heavy atom. The van der Waals surface area contributed by atoms with E-state index in [0.29, 0.717) is 6.61 Å². The Bertz CT molecular complexity index is 420. The molecule has 0 fully saturated rings. The molecule has 1 aromatic rings. The Morgan fingerprint density at radius 3 is 2.85 bits per heavy atom. The van der Waals surface area contributed by atoms with Crippen molar-refractivity contribution in [1.29, 1.82) is 0 Å². The molecular formula is C16H25NO3. The van der Waals surface area contributed by atoms with Crippen molar-refractivity contribution >= 4 is 5.91 Å². The van der Waals surface area contributed by atoms with Gasteiger partial charge in [0.05, 0.1) is 6.10 Å². The van der Waals surface area contributed by atoms with Gasteiger partial charge in [-0.15, -0.1) is 0 Å². The summed E-state index contributed by atoms with van der Waals surface area (Å²) in [5.41, 5.74) is 1.93. The van der Waals surface area contributed by atoms with E-state index in [9.17, 15) is 9.90 Å². The van der Waals surface area contributed by atoms with Crippen LogP contribution in [0.5, 0.6) is 0 Å². The summed E-state index contributed by atoms with van der Waals surface area (Å²) in [6.07, 6.45) is 0.996. The monoisotopic (exact) mass is 279 g/mol. The molecule has 20 heavy (non-hydrogen) atoms. The van der Waals surface area contributed by atoms with Crippen LogP contribution in [-0.4, -0.2) is 31.3 Å². The first-order valence-electron chi connectivity index (χ1n) is 7.06. The number of rotatable bonds is 8. The van der Waals surface area contributed by atoms with Crippen LogP contribution in [0.4, 0.5) is 0 Å². The SMILES string of the molecule is COCCCC(C)C(=O)NCC(O)c1cccc(C)c1. The molecule has 0 aliphatic carbocycles. The first-order chi connectivity index (χ1) is 9.54. The lowest BCUT2D eigenvalue weighted by Crippen LogP contribution is -2.32. The standard InChI is InChI=1S/C16H25NO3/c1-12-6-4-8-14(10-12)15(18)11-17-16(19)13(2)7-5-9-20-3/h4,6,8,10,13,15,18H,5,7,9,11H2,1-3H3,(H,17,19). The number of ether oxygens (including phenoxy) is 1. The zero-order valence-corrected chi connectivity index (χ0v) is 12.6. The summed E-state index contributed by atoms with van der Waals surface area (Å²) < 4.78 is 4.97. The molecule has 4 heteroatoms. The van der Waals surface area contributed by atoms with Gasteiger partial charge in [-0.1, -0.05) is 36.8 Å². The largest absolute Gasteiger partial charge is 0.387 e. The highest BCUT2D eigenvalue weighted by Gasteiger charge is 2.14. The Labute approximate surface area is 121 Å². The highest BCUT2D eigenvalue weighted by atomic mass is 16.5. The fourth-order valence-corrected chi connectivity index (χ4v) is 2.03. The van der Waals surface area contributed by atoms with Gasteiger partial charge in [0, 0.05) is 26.2 Å². The summed E-state index contributed by atoms with van der Waals surface area (Å²) in [5.74, 6) is -0.0809. The number of hydrogen-bond donors (Lipinski definition) is 2. The summed E-state index contributed by atoms with van der Waals surface area (Å²) in [6.45, 7) is 4.79. The number of carbonyl (C=O) groups is 1. The molecule has 0 aliphatic rings. The van der Waals surface area contributed by atoms with Crippen molar-refractivity contribution in [3.63, 3.8) is 0 Å². The predicted molar refractivity (Wildman–Crippen MR) is 79.4 cm³/mol. The van der Waals surface area contributed by atoms with Gasteiger partial charge < -0.3 is 15.2 Å². The highest BCUT2D eigenvalue weighted by molar-refractivity contribution is 5.78. The van der Waals surface area contributed by atoms with Gasteiger partial charge in [-0.05, 0) is 25.3 Å². The first-order valence-corrected chi connectivity index (χ1v) is 7.06. The van der Waals surface area contributed by atoms with E-state index in [2.05, 4.69) is 5.32 Å². The minimum Gasteiger partial charge on any atom is -0.387 e. The molecule has 0 aliphatic heterocycles. The van der Waals surface area contributed by atoms with E-state index in [1.807, 2.05) is 38.1 Å². The van der Waals surface area contributed by atoms with Crippen LogP contribution in [0.3, 0.4) is 0 Å². The smallest absolute Gasteiger partial charge is 0.222 e. The van der Waals surface area contributed by atoms with Crippen LogP contribution in [0, 0.1) is 12.8 Å². The van der Waals surface area contributed by atoms with E-state index in [1.165, 1.54) is 0 Å². The van der Waals surface area contributed by atoms with Crippen LogP contribution in [0.2, 0.25) is 0 Å². The molecule has 0 spiro atoms. The van der Waals surface area contributed by atoms with Crippen molar-refractivity contribution in [2.45, 2.75) is 32.8 Å². The number of aryl methyl sites for hydroxylation is 1. The molecule has 1 aromatic carbocycles. The molecule has 0 heterocycles. The van der Waals surface area contributed by atoms with Crippen molar-refractivity contribution in [3.8, 4) is 0 Å². The third-order valence-electron chi connectivity index (χ3n) is 3.33. The van der Waals surface area contributed by atoms with Crippen molar-refractivity contribution in [1.82, 2.24) is 5.32 Å². The number of aliphatic hydroxyl groups excluding tert-OH is 1. The third kappa shape index (κ3) is 5.72. The maximum absolute atomic E-state index is 11.9. The molecule has 1 rings (SSSR count). The Morgan fingerprint density at radius 2 is 2.20 bits per heavy atom. The molecular weight excluding hydrogens is 254 g/mol. The van der Waals surface area contributed by atoms with Gasteiger partial charge in [0.15, 0.2) is 0 Å². The van der Waals surface area contributed by atoms with Crippen molar-refractivity contribution < 1.29 is 14.6 Å². The first kappa shape index (κ1) is 16.7. The van der Waals surface area contributed by atoms with E-state index < -0.39 is 6.10 Å². The lowest BCUT2D eigenvalue weighted by molar-refractivity contribution is -0.125. The molecule has 2 atom stereocenters. The summed E-state index contributed by atoms with van der Waals surface area (Å²) in [6, 6.07) is 7.68. The van der Waals surface area contributed by atoms with Crippen LogP contribution in [0.1, 0.15) is 37.0 Å². The van der Waals surface area contributed by atoms with Gasteiger partial charge in [-0.25, -0.2) is 0 Å². The molecule has 112 valence electrons. The Kier molecular flexibility index (Phi) is 7.26. The van der Waals surface area contributed by atoms with Crippen LogP contribution in [0.15, 0.2) is 24.3 Å². The highest BCUT2D eigenvalue weighted by Crippen LogP contribution is 2.14. The predicted octanol–water partition coefficient (Wildman–Crippen LogP) is 2.21. The van der Waals surface area contributed by atoms with Crippen LogP contribution in [-0.2, 0) is 9.53 Å². The van der Waals surface area contributed by atoms with Crippen molar-refractivity contribution in [2.24, 2.45) is 5.92 Å². The van der Waals surface area contributed by atoms with E-state index in [4.69, 9.17) is 4.74 Å². The Hall–Kier alpha value is -1.39. The quantitative estimate of drug-likeness (QED) is 0.717. The van der Waals surface area contributed by atoms with Crippen molar-refractivity contribution in [2.75, 3.05) is 20.3 Å². The van der Waals surface area contributed by atoms with E-state index in [0.717, 1.165) is 24.0 Å². The topological polar surface area (TPSA) is 58.6 Å². The average molecular weight is 279 g/mol. The lowest BCUT2D eigenvalue weighted by Gasteiger charge is -2.15. The van der Waals surface area contributed by atoms with E-state index >= 15 is 0 Å². The Balaban J connectivity index is 2.36. The average Bonchev–Trinajstić information content (AvgIpc) is 2.44. The summed E-state index contributed by atoms with van der Waals surface area (Å²) in [5, 5.41) is 12.9. The van der Waals surface area contributed by atoms with Crippen molar-refractivity contribution in [3.05, 3.63) is 35.4 Å². The fraction of sp³-hybridized carbons (Fsp3) is 0.562. The van der Waals surface area contributed by atoms with Gasteiger partial charge in [0.2, 0.25) is 5.91 Å². The number of carbonyl (C=O) groups excluding carboxylic acids is 1. The maximum Gasteiger partial charge on any atom is 0.222 e. The number of hydrogen-bond acceptors (Lipinski definition) is 3. The molecule has 0 aromatic heterocycles. The third-order valence-corrected chi connectivity index (χ3v) is 3.33. The molecule has 0 saturated carbocycles. The van der Waals surface area contributed by atoms with Gasteiger partial charge in [0.1, 0.15) is 0 Å². The molecule has 0 saturated heterocycles. The maximum atomic E-state index is 11.9. The van der Waals surface area contributed by atoms with Crippen LogP contribution < -0.4 is 5.32 Å². The molecule has 0 radical (unpaired) electrons. The normalized spacial score (nSPS) is 13.8. The van der Waals surface area contributed by atoms with Gasteiger partial charge in [-0.2, -0.15) is 0 Å². The number of aliphatic hydroxyl groups is 1. The second-order valence-corrected chi connectivity index (χ2v) is 5.21. The second kappa shape index (κ2) is 8.72. The number of amides is 1.